The molecular weight excluding hydrogens is 360 g/mol. The Hall–Kier alpha value is -1.99. The number of para-hydroxylation sites is 1. The van der Waals surface area contributed by atoms with E-state index in [9.17, 15) is 9.59 Å². The van der Waals surface area contributed by atoms with Gasteiger partial charge in [0.15, 0.2) is 0 Å². The number of carbonyl (C=O) groups is 2. The molecule has 2 aliphatic rings. The van der Waals surface area contributed by atoms with Gasteiger partial charge in [-0.05, 0) is 50.9 Å². The summed E-state index contributed by atoms with van der Waals surface area (Å²) in [6.45, 7) is 3.58. The molecule has 144 valence electrons. The summed E-state index contributed by atoms with van der Waals surface area (Å²) in [7, 11) is 0. The molecule has 0 radical (unpaired) electrons. The molecule has 1 aromatic heterocycles. The second kappa shape index (κ2) is 7.94. The lowest BCUT2D eigenvalue weighted by Crippen LogP contribution is -2.47. The van der Waals surface area contributed by atoms with Gasteiger partial charge in [-0.1, -0.05) is 12.1 Å². The number of hydrogen-bond acceptors (Lipinski definition) is 5. The van der Waals surface area contributed by atoms with Crippen LogP contribution in [0, 0.1) is 5.92 Å². The van der Waals surface area contributed by atoms with E-state index < -0.39 is 0 Å². The highest BCUT2D eigenvalue weighted by Gasteiger charge is 2.29. The molecule has 0 bridgehead atoms. The Labute approximate surface area is 163 Å². The first-order valence-corrected chi connectivity index (χ1v) is 10.6. The number of piperidine rings is 2. The maximum absolute atomic E-state index is 12.8. The molecule has 0 spiro atoms. The van der Waals surface area contributed by atoms with Crippen LogP contribution in [0.2, 0.25) is 0 Å². The van der Waals surface area contributed by atoms with E-state index in [4.69, 9.17) is 10.7 Å². The Morgan fingerprint density at radius 2 is 1.93 bits per heavy atom. The van der Waals surface area contributed by atoms with Gasteiger partial charge in [0, 0.05) is 24.9 Å². The summed E-state index contributed by atoms with van der Waals surface area (Å²) < 4.78 is 1.22. The highest BCUT2D eigenvalue weighted by molar-refractivity contribution is 7.18. The van der Waals surface area contributed by atoms with E-state index >= 15 is 0 Å². The van der Waals surface area contributed by atoms with Crippen LogP contribution in [-0.2, 0) is 9.59 Å². The molecule has 1 aromatic carbocycles. The molecule has 3 heterocycles. The minimum absolute atomic E-state index is 0.0326. The molecule has 0 saturated carbocycles. The van der Waals surface area contributed by atoms with Crippen molar-refractivity contribution >= 4 is 33.4 Å². The van der Waals surface area contributed by atoms with Gasteiger partial charge in [-0.2, -0.15) is 0 Å². The van der Waals surface area contributed by atoms with Gasteiger partial charge >= 0.3 is 0 Å². The molecule has 0 aliphatic carbocycles. The number of nitrogens with zero attached hydrogens (tertiary/aromatic N) is 3. The normalized spacial score (nSPS) is 22.2. The largest absolute Gasteiger partial charge is 0.369 e. The zero-order valence-corrected chi connectivity index (χ0v) is 16.3. The van der Waals surface area contributed by atoms with Gasteiger partial charge in [-0.3, -0.25) is 14.5 Å². The van der Waals surface area contributed by atoms with Crippen molar-refractivity contribution in [1.82, 2.24) is 14.8 Å². The first-order valence-electron chi connectivity index (χ1n) is 9.75. The van der Waals surface area contributed by atoms with Crippen molar-refractivity contribution in [3.05, 3.63) is 29.3 Å². The van der Waals surface area contributed by atoms with E-state index in [1.165, 1.54) is 4.70 Å². The highest BCUT2D eigenvalue weighted by Crippen LogP contribution is 2.33. The van der Waals surface area contributed by atoms with E-state index in [0.29, 0.717) is 12.5 Å². The number of hydrogen-bond donors (Lipinski definition) is 1. The van der Waals surface area contributed by atoms with Crippen LogP contribution in [0.25, 0.3) is 10.2 Å². The van der Waals surface area contributed by atoms with Crippen molar-refractivity contribution in [3.8, 4) is 0 Å². The van der Waals surface area contributed by atoms with E-state index in [0.717, 1.165) is 62.4 Å². The van der Waals surface area contributed by atoms with Crippen LogP contribution in [0.4, 0.5) is 0 Å². The SMILES string of the molecule is NC(=O)C1CCN(CC(=O)N2CCC[C@@H](c3nc4ccccc4s3)C2)CC1. The van der Waals surface area contributed by atoms with Crippen molar-refractivity contribution in [2.24, 2.45) is 11.7 Å². The fraction of sp³-hybridized carbons (Fsp3) is 0.550. The number of amides is 2. The molecule has 1 atom stereocenters. The standard InChI is InChI=1S/C20H26N4O2S/c21-19(26)14-7-10-23(11-8-14)13-18(25)24-9-3-4-15(12-24)20-22-16-5-1-2-6-17(16)27-20/h1-2,5-6,14-15H,3-4,7-13H2,(H2,21,26)/t15-/m1/s1. The Balaban J connectivity index is 1.35. The maximum Gasteiger partial charge on any atom is 0.236 e. The average molecular weight is 387 g/mol. The molecule has 2 fully saturated rings. The Bertz CT molecular complexity index is 795. The summed E-state index contributed by atoms with van der Waals surface area (Å²) in [5.41, 5.74) is 6.45. The average Bonchev–Trinajstić information content (AvgIpc) is 3.13. The zero-order valence-electron chi connectivity index (χ0n) is 15.5. The van der Waals surface area contributed by atoms with Gasteiger partial charge in [0.05, 0.1) is 21.8 Å². The minimum Gasteiger partial charge on any atom is -0.369 e. The lowest BCUT2D eigenvalue weighted by atomic mass is 9.96. The highest BCUT2D eigenvalue weighted by atomic mass is 32.1. The molecular formula is C20H26N4O2S. The summed E-state index contributed by atoms with van der Waals surface area (Å²) in [5, 5.41) is 1.15. The molecule has 27 heavy (non-hydrogen) atoms. The fourth-order valence-corrected chi connectivity index (χ4v) is 5.23. The topological polar surface area (TPSA) is 79.5 Å². The molecule has 2 saturated heterocycles. The molecule has 4 rings (SSSR count). The summed E-state index contributed by atoms with van der Waals surface area (Å²) >= 11 is 1.75. The van der Waals surface area contributed by atoms with Gasteiger partial charge in [0.25, 0.3) is 0 Å². The quantitative estimate of drug-likeness (QED) is 0.874. The van der Waals surface area contributed by atoms with Crippen molar-refractivity contribution in [2.75, 3.05) is 32.7 Å². The van der Waals surface area contributed by atoms with Crippen molar-refractivity contribution in [1.29, 1.82) is 0 Å². The van der Waals surface area contributed by atoms with Crippen molar-refractivity contribution in [3.63, 3.8) is 0 Å². The van der Waals surface area contributed by atoms with Crippen LogP contribution >= 0.6 is 11.3 Å². The Kier molecular flexibility index (Phi) is 5.41. The molecule has 2 N–H and O–H groups in total. The third-order valence-corrected chi connectivity index (χ3v) is 6.98. The zero-order chi connectivity index (χ0) is 18.8. The summed E-state index contributed by atoms with van der Waals surface area (Å²) in [5.74, 6) is 0.282. The van der Waals surface area contributed by atoms with Gasteiger partial charge in [0.2, 0.25) is 11.8 Å². The number of aromatic nitrogens is 1. The third kappa shape index (κ3) is 4.14. The first-order chi connectivity index (χ1) is 13.1. The summed E-state index contributed by atoms with van der Waals surface area (Å²) in [6.07, 6.45) is 3.64. The molecule has 2 amide bonds. The molecule has 2 aromatic rings. The number of rotatable bonds is 4. The number of fused-ring (bicyclic) bond motifs is 1. The van der Waals surface area contributed by atoms with Gasteiger partial charge in [0.1, 0.15) is 0 Å². The molecule has 0 unspecified atom stereocenters. The van der Waals surface area contributed by atoms with Crippen LogP contribution in [0.15, 0.2) is 24.3 Å². The molecule has 7 heteroatoms. The van der Waals surface area contributed by atoms with E-state index in [1.807, 2.05) is 17.0 Å². The smallest absolute Gasteiger partial charge is 0.236 e. The first kappa shape index (κ1) is 18.4. The molecule has 6 nitrogen and oxygen atoms in total. The second-order valence-electron chi connectivity index (χ2n) is 7.65. The summed E-state index contributed by atoms with van der Waals surface area (Å²) in [6, 6.07) is 8.22. The predicted molar refractivity (Wildman–Crippen MR) is 107 cm³/mol. The number of carbonyl (C=O) groups excluding carboxylic acids is 2. The molecule has 2 aliphatic heterocycles. The number of primary amides is 1. The fourth-order valence-electron chi connectivity index (χ4n) is 4.14. The third-order valence-electron chi connectivity index (χ3n) is 5.78. The lowest BCUT2D eigenvalue weighted by molar-refractivity contribution is -0.134. The van der Waals surface area contributed by atoms with Gasteiger partial charge in [-0.15, -0.1) is 11.3 Å². The second-order valence-corrected chi connectivity index (χ2v) is 8.71. The van der Waals surface area contributed by atoms with Crippen molar-refractivity contribution in [2.45, 2.75) is 31.6 Å². The number of benzene rings is 1. The van der Waals surface area contributed by atoms with Gasteiger partial charge < -0.3 is 10.6 Å². The monoisotopic (exact) mass is 386 g/mol. The predicted octanol–water partition coefficient (Wildman–Crippen LogP) is 2.20. The van der Waals surface area contributed by atoms with Crippen LogP contribution < -0.4 is 5.73 Å². The Morgan fingerprint density at radius 3 is 2.67 bits per heavy atom. The van der Waals surface area contributed by atoms with Crippen LogP contribution in [0.3, 0.4) is 0 Å². The lowest BCUT2D eigenvalue weighted by Gasteiger charge is -2.35. The van der Waals surface area contributed by atoms with Crippen molar-refractivity contribution < 1.29 is 9.59 Å². The number of likely N-dealkylation sites (tertiary alicyclic amines) is 2. The maximum atomic E-state index is 12.8. The Morgan fingerprint density at radius 1 is 1.15 bits per heavy atom. The van der Waals surface area contributed by atoms with E-state index in [1.54, 1.807) is 11.3 Å². The van der Waals surface area contributed by atoms with E-state index in [2.05, 4.69) is 17.0 Å². The van der Waals surface area contributed by atoms with Gasteiger partial charge in [-0.25, -0.2) is 4.98 Å². The van der Waals surface area contributed by atoms with Crippen LogP contribution in [-0.4, -0.2) is 59.3 Å². The summed E-state index contributed by atoms with van der Waals surface area (Å²) in [4.78, 5) is 33.0. The number of thiazole rings is 1. The number of nitrogens with two attached hydrogens (primary N) is 1. The van der Waals surface area contributed by atoms with Crippen LogP contribution in [0.1, 0.15) is 36.6 Å². The van der Waals surface area contributed by atoms with Crippen LogP contribution in [0.5, 0.6) is 0 Å². The van der Waals surface area contributed by atoms with E-state index in [-0.39, 0.29) is 17.7 Å². The minimum atomic E-state index is -0.212.